The van der Waals surface area contributed by atoms with Crippen molar-refractivity contribution in [3.05, 3.63) is 48.0 Å². The highest BCUT2D eigenvalue weighted by atomic mass is 14.8. The maximum atomic E-state index is 3.65. The van der Waals surface area contributed by atoms with Crippen molar-refractivity contribution in [3.63, 3.8) is 0 Å². The third-order valence-corrected chi connectivity index (χ3v) is 5.37. The van der Waals surface area contributed by atoms with Crippen LogP contribution in [0, 0.1) is 11.8 Å². The molecular formula is C21H29N. The van der Waals surface area contributed by atoms with E-state index >= 15 is 0 Å². The van der Waals surface area contributed by atoms with E-state index in [4.69, 9.17) is 0 Å². The average Bonchev–Trinajstić information content (AvgIpc) is 2.76. The Kier molecular flexibility index (Phi) is 5.50. The molecule has 3 rings (SSSR count). The van der Waals surface area contributed by atoms with Gasteiger partial charge in [0.15, 0.2) is 0 Å². The first-order valence-electron chi connectivity index (χ1n) is 9.01. The van der Waals surface area contributed by atoms with Crippen LogP contribution in [0.2, 0.25) is 0 Å². The van der Waals surface area contributed by atoms with E-state index in [9.17, 15) is 0 Å². The van der Waals surface area contributed by atoms with Crippen molar-refractivity contribution < 1.29 is 0 Å². The molecule has 0 aliphatic heterocycles. The SMILES string of the molecule is CC1CCCCCC1CCNCc1ccc2ccccc2c1. The van der Waals surface area contributed by atoms with Crippen molar-refractivity contribution in [1.29, 1.82) is 0 Å². The van der Waals surface area contributed by atoms with E-state index in [-0.39, 0.29) is 0 Å². The monoisotopic (exact) mass is 295 g/mol. The normalized spacial score (nSPS) is 22.6. The lowest BCUT2D eigenvalue weighted by Gasteiger charge is -2.21. The number of hydrogen-bond donors (Lipinski definition) is 1. The van der Waals surface area contributed by atoms with E-state index in [1.54, 1.807) is 0 Å². The molecule has 1 N–H and O–H groups in total. The Morgan fingerprint density at radius 3 is 2.68 bits per heavy atom. The lowest BCUT2D eigenvalue weighted by Crippen LogP contribution is -2.20. The molecule has 22 heavy (non-hydrogen) atoms. The fourth-order valence-corrected chi connectivity index (χ4v) is 3.87. The molecule has 1 aliphatic rings. The number of nitrogens with one attached hydrogen (secondary N) is 1. The topological polar surface area (TPSA) is 12.0 Å². The van der Waals surface area contributed by atoms with Crippen LogP contribution in [-0.2, 0) is 6.54 Å². The lowest BCUT2D eigenvalue weighted by molar-refractivity contribution is 0.313. The molecule has 1 heteroatoms. The van der Waals surface area contributed by atoms with E-state index in [1.807, 2.05) is 0 Å². The van der Waals surface area contributed by atoms with Crippen LogP contribution < -0.4 is 5.32 Å². The summed E-state index contributed by atoms with van der Waals surface area (Å²) in [6, 6.07) is 15.4. The Morgan fingerprint density at radius 1 is 0.955 bits per heavy atom. The van der Waals surface area contributed by atoms with Gasteiger partial charge in [0, 0.05) is 6.54 Å². The second kappa shape index (κ2) is 7.78. The minimum absolute atomic E-state index is 0.921. The number of benzene rings is 2. The summed E-state index contributed by atoms with van der Waals surface area (Å²) in [5, 5.41) is 6.33. The van der Waals surface area contributed by atoms with Crippen LogP contribution in [0.1, 0.15) is 51.0 Å². The van der Waals surface area contributed by atoms with Gasteiger partial charge < -0.3 is 5.32 Å². The quantitative estimate of drug-likeness (QED) is 0.564. The Labute approximate surface area is 135 Å². The smallest absolute Gasteiger partial charge is 0.0205 e. The standard InChI is InChI=1S/C21H29N/c1-17-7-3-2-4-8-19(17)13-14-22-16-18-11-12-20-9-5-6-10-21(20)15-18/h5-6,9-12,15,17,19,22H,2-4,7-8,13-14,16H2,1H3. The highest BCUT2D eigenvalue weighted by Gasteiger charge is 2.19. The molecule has 1 nitrogen and oxygen atoms in total. The summed E-state index contributed by atoms with van der Waals surface area (Å²) in [5.74, 6) is 1.86. The predicted molar refractivity (Wildman–Crippen MR) is 96.0 cm³/mol. The zero-order chi connectivity index (χ0) is 15.2. The third kappa shape index (κ3) is 4.10. The Bertz CT molecular complexity index is 589. The first-order valence-corrected chi connectivity index (χ1v) is 9.01. The van der Waals surface area contributed by atoms with E-state index in [1.165, 1.54) is 54.9 Å². The van der Waals surface area contributed by atoms with Gasteiger partial charge in [-0.15, -0.1) is 0 Å². The number of fused-ring (bicyclic) bond motifs is 1. The molecule has 2 atom stereocenters. The maximum Gasteiger partial charge on any atom is 0.0205 e. The summed E-state index contributed by atoms with van der Waals surface area (Å²) < 4.78 is 0. The zero-order valence-corrected chi connectivity index (χ0v) is 13.9. The van der Waals surface area contributed by atoms with Gasteiger partial charge in [-0.3, -0.25) is 0 Å². The van der Waals surface area contributed by atoms with Crippen LogP contribution in [0.15, 0.2) is 42.5 Å². The Morgan fingerprint density at radius 2 is 1.77 bits per heavy atom. The van der Waals surface area contributed by atoms with Gasteiger partial charge in [0.2, 0.25) is 0 Å². The molecule has 0 radical (unpaired) electrons. The van der Waals surface area contributed by atoms with Gasteiger partial charge in [0.25, 0.3) is 0 Å². The minimum Gasteiger partial charge on any atom is -0.313 e. The Hall–Kier alpha value is -1.34. The largest absolute Gasteiger partial charge is 0.313 e. The van der Waals surface area contributed by atoms with E-state index in [0.717, 1.165) is 24.9 Å². The van der Waals surface area contributed by atoms with Gasteiger partial charge >= 0.3 is 0 Å². The van der Waals surface area contributed by atoms with Gasteiger partial charge in [-0.25, -0.2) is 0 Å². The molecule has 0 aromatic heterocycles. The van der Waals surface area contributed by atoms with Crippen molar-refractivity contribution in [1.82, 2.24) is 5.32 Å². The van der Waals surface area contributed by atoms with E-state index in [2.05, 4.69) is 54.7 Å². The molecule has 0 saturated heterocycles. The van der Waals surface area contributed by atoms with Crippen LogP contribution >= 0.6 is 0 Å². The van der Waals surface area contributed by atoms with Crippen LogP contribution in [-0.4, -0.2) is 6.54 Å². The van der Waals surface area contributed by atoms with E-state index < -0.39 is 0 Å². The molecule has 0 spiro atoms. The van der Waals surface area contributed by atoms with Crippen LogP contribution in [0.25, 0.3) is 10.8 Å². The molecule has 2 unspecified atom stereocenters. The third-order valence-electron chi connectivity index (χ3n) is 5.37. The van der Waals surface area contributed by atoms with Crippen molar-refractivity contribution in [2.45, 2.75) is 52.0 Å². The molecule has 0 bridgehead atoms. The fourth-order valence-electron chi connectivity index (χ4n) is 3.87. The number of rotatable bonds is 5. The highest BCUT2D eigenvalue weighted by Crippen LogP contribution is 2.30. The summed E-state index contributed by atoms with van der Waals surface area (Å²) in [6.07, 6.45) is 8.57. The zero-order valence-electron chi connectivity index (χ0n) is 13.9. The summed E-state index contributed by atoms with van der Waals surface area (Å²) in [7, 11) is 0. The molecule has 2 aromatic rings. The van der Waals surface area contributed by atoms with Crippen LogP contribution in [0.5, 0.6) is 0 Å². The van der Waals surface area contributed by atoms with Crippen LogP contribution in [0.3, 0.4) is 0 Å². The van der Waals surface area contributed by atoms with Crippen molar-refractivity contribution in [2.24, 2.45) is 11.8 Å². The fraction of sp³-hybridized carbons (Fsp3) is 0.524. The van der Waals surface area contributed by atoms with Crippen molar-refractivity contribution in [3.8, 4) is 0 Å². The molecule has 1 fully saturated rings. The second-order valence-corrected chi connectivity index (χ2v) is 7.02. The average molecular weight is 295 g/mol. The molecule has 1 aliphatic carbocycles. The summed E-state index contributed by atoms with van der Waals surface area (Å²) in [5.41, 5.74) is 1.40. The van der Waals surface area contributed by atoms with Crippen molar-refractivity contribution in [2.75, 3.05) is 6.54 Å². The van der Waals surface area contributed by atoms with Gasteiger partial charge in [0.1, 0.15) is 0 Å². The maximum absolute atomic E-state index is 3.65. The lowest BCUT2D eigenvalue weighted by atomic mass is 9.87. The molecule has 2 aromatic carbocycles. The first-order chi connectivity index (χ1) is 10.8. The first kappa shape index (κ1) is 15.6. The number of hydrogen-bond acceptors (Lipinski definition) is 1. The minimum atomic E-state index is 0.921. The Balaban J connectivity index is 1.47. The van der Waals surface area contributed by atoms with Gasteiger partial charge in [-0.1, -0.05) is 75.4 Å². The van der Waals surface area contributed by atoms with E-state index in [0.29, 0.717) is 0 Å². The molecule has 0 heterocycles. The molecule has 0 amide bonds. The predicted octanol–water partition coefficient (Wildman–Crippen LogP) is 5.54. The summed E-state index contributed by atoms with van der Waals surface area (Å²) in [4.78, 5) is 0. The van der Waals surface area contributed by atoms with Gasteiger partial charge in [0.05, 0.1) is 0 Å². The summed E-state index contributed by atoms with van der Waals surface area (Å²) in [6.45, 7) is 4.60. The second-order valence-electron chi connectivity index (χ2n) is 7.02. The molecular weight excluding hydrogens is 266 g/mol. The van der Waals surface area contributed by atoms with Gasteiger partial charge in [-0.2, -0.15) is 0 Å². The van der Waals surface area contributed by atoms with Crippen LogP contribution in [0.4, 0.5) is 0 Å². The molecule has 1 saturated carbocycles. The highest BCUT2D eigenvalue weighted by molar-refractivity contribution is 5.82. The van der Waals surface area contributed by atoms with Gasteiger partial charge in [-0.05, 0) is 47.2 Å². The molecule has 118 valence electrons. The van der Waals surface area contributed by atoms with Crippen molar-refractivity contribution >= 4 is 10.8 Å². The summed E-state index contributed by atoms with van der Waals surface area (Å²) >= 11 is 0.